The Morgan fingerprint density at radius 3 is 2.41 bits per heavy atom. The summed E-state index contributed by atoms with van der Waals surface area (Å²) >= 11 is 0. The summed E-state index contributed by atoms with van der Waals surface area (Å²) in [6, 6.07) is 8.15. The molecule has 0 saturated heterocycles. The summed E-state index contributed by atoms with van der Waals surface area (Å²) in [6.45, 7) is 4.85. The Hall–Kier alpha value is -1.06. The topological polar surface area (TPSA) is 44.5 Å². The smallest absolute Gasteiger partial charge is 0.119 e. The zero-order valence-corrected chi connectivity index (χ0v) is 11.0. The predicted molar refractivity (Wildman–Crippen MR) is 70.2 cm³/mol. The number of hydrogen-bond acceptors (Lipinski definition) is 3. The molecule has 2 N–H and O–H groups in total. The summed E-state index contributed by atoms with van der Waals surface area (Å²) < 4.78 is 10.8. The lowest BCUT2D eigenvalue weighted by molar-refractivity contribution is 0.135. The lowest BCUT2D eigenvalue weighted by atomic mass is 10.1. The zero-order valence-electron chi connectivity index (χ0n) is 11.0. The molecule has 0 spiro atoms. The average molecular weight is 237 g/mol. The van der Waals surface area contributed by atoms with E-state index in [1.165, 1.54) is 0 Å². The van der Waals surface area contributed by atoms with Gasteiger partial charge in [0.2, 0.25) is 0 Å². The van der Waals surface area contributed by atoms with Crippen molar-refractivity contribution in [3.05, 3.63) is 29.8 Å². The Labute approximate surface area is 104 Å². The number of hydrogen-bond donors (Lipinski definition) is 1. The number of ether oxygens (including phenoxy) is 2. The van der Waals surface area contributed by atoms with Crippen LogP contribution in [0.4, 0.5) is 0 Å². The molecule has 2 atom stereocenters. The first-order chi connectivity index (χ1) is 8.17. The third-order valence-electron chi connectivity index (χ3n) is 2.81. The Balaban J connectivity index is 2.50. The molecule has 3 nitrogen and oxygen atoms in total. The third-order valence-corrected chi connectivity index (χ3v) is 2.81. The van der Waals surface area contributed by atoms with E-state index in [-0.39, 0.29) is 12.1 Å². The van der Waals surface area contributed by atoms with Gasteiger partial charge in [0.1, 0.15) is 5.75 Å². The fourth-order valence-electron chi connectivity index (χ4n) is 1.60. The normalized spacial score (nSPS) is 14.4. The van der Waals surface area contributed by atoms with Crippen LogP contribution in [-0.2, 0) is 4.74 Å². The second kappa shape index (κ2) is 7.30. The molecule has 1 rings (SSSR count). The van der Waals surface area contributed by atoms with Crippen LogP contribution >= 0.6 is 0 Å². The van der Waals surface area contributed by atoms with Crippen LogP contribution in [0.1, 0.15) is 38.3 Å². The van der Waals surface area contributed by atoms with E-state index in [4.69, 9.17) is 15.2 Å². The number of nitrogens with two attached hydrogens (primary N) is 1. The highest BCUT2D eigenvalue weighted by molar-refractivity contribution is 5.29. The minimum atomic E-state index is 0.120. The number of methoxy groups -OCH3 is 1. The van der Waals surface area contributed by atoms with E-state index in [2.05, 4.69) is 6.92 Å². The van der Waals surface area contributed by atoms with E-state index in [9.17, 15) is 0 Å². The fourth-order valence-corrected chi connectivity index (χ4v) is 1.60. The first-order valence-electron chi connectivity index (χ1n) is 6.18. The van der Waals surface area contributed by atoms with E-state index in [0.717, 1.165) is 30.8 Å². The third kappa shape index (κ3) is 4.75. The highest BCUT2D eigenvalue weighted by Crippen LogP contribution is 2.19. The minimum Gasteiger partial charge on any atom is -0.491 e. The van der Waals surface area contributed by atoms with Crippen LogP contribution in [-0.4, -0.2) is 19.8 Å². The quantitative estimate of drug-likeness (QED) is 0.793. The van der Waals surface area contributed by atoms with Crippen LogP contribution in [0.2, 0.25) is 0 Å². The molecule has 0 aliphatic heterocycles. The van der Waals surface area contributed by atoms with Gasteiger partial charge >= 0.3 is 0 Å². The van der Waals surface area contributed by atoms with Gasteiger partial charge in [-0.2, -0.15) is 0 Å². The van der Waals surface area contributed by atoms with Crippen molar-refractivity contribution in [3.8, 4) is 5.75 Å². The molecule has 1 unspecified atom stereocenters. The predicted octanol–water partition coefficient (Wildman–Crippen LogP) is 2.90. The van der Waals surface area contributed by atoms with E-state index < -0.39 is 0 Å². The van der Waals surface area contributed by atoms with E-state index in [1.54, 1.807) is 7.11 Å². The summed E-state index contributed by atoms with van der Waals surface area (Å²) in [7, 11) is 1.70. The van der Waals surface area contributed by atoms with Gasteiger partial charge in [-0.3, -0.25) is 0 Å². The van der Waals surface area contributed by atoms with Gasteiger partial charge in [0.25, 0.3) is 0 Å². The van der Waals surface area contributed by atoms with Crippen LogP contribution in [0.25, 0.3) is 0 Å². The molecule has 96 valence electrons. The van der Waals surface area contributed by atoms with Crippen LogP contribution in [0.15, 0.2) is 24.3 Å². The van der Waals surface area contributed by atoms with Crippen molar-refractivity contribution in [1.82, 2.24) is 0 Å². The van der Waals surface area contributed by atoms with Gasteiger partial charge in [0.05, 0.1) is 6.10 Å². The van der Waals surface area contributed by atoms with Gasteiger partial charge in [0, 0.05) is 26.2 Å². The molecule has 1 aromatic carbocycles. The van der Waals surface area contributed by atoms with Crippen LogP contribution in [0.3, 0.4) is 0 Å². The molecule has 0 radical (unpaired) electrons. The molecule has 0 aromatic heterocycles. The highest BCUT2D eigenvalue weighted by Gasteiger charge is 2.06. The number of benzene rings is 1. The van der Waals surface area contributed by atoms with Crippen molar-refractivity contribution in [2.45, 2.75) is 38.8 Å². The van der Waals surface area contributed by atoms with Crippen molar-refractivity contribution in [2.24, 2.45) is 5.73 Å². The number of rotatable bonds is 7. The molecule has 0 heterocycles. The van der Waals surface area contributed by atoms with Gasteiger partial charge in [-0.1, -0.05) is 19.1 Å². The van der Waals surface area contributed by atoms with Crippen LogP contribution in [0, 0.1) is 0 Å². The summed E-state index contributed by atoms with van der Waals surface area (Å²) in [5.74, 6) is 0.889. The van der Waals surface area contributed by atoms with Gasteiger partial charge in [-0.05, 0) is 31.0 Å². The van der Waals surface area contributed by atoms with Crippen molar-refractivity contribution in [1.29, 1.82) is 0 Å². The molecule has 0 aliphatic carbocycles. The molecule has 0 saturated carbocycles. The second-order valence-electron chi connectivity index (χ2n) is 4.29. The van der Waals surface area contributed by atoms with E-state index >= 15 is 0 Å². The highest BCUT2D eigenvalue weighted by atomic mass is 16.5. The van der Waals surface area contributed by atoms with Gasteiger partial charge in [-0.25, -0.2) is 0 Å². The van der Waals surface area contributed by atoms with Crippen LogP contribution < -0.4 is 10.5 Å². The first kappa shape index (κ1) is 14.0. The molecular formula is C14H23NO2. The van der Waals surface area contributed by atoms with E-state index in [0.29, 0.717) is 0 Å². The molecule has 17 heavy (non-hydrogen) atoms. The summed E-state index contributed by atoms with van der Waals surface area (Å²) in [5, 5.41) is 0. The maximum absolute atomic E-state index is 5.95. The molecule has 3 heteroatoms. The molecule has 0 amide bonds. The van der Waals surface area contributed by atoms with E-state index in [1.807, 2.05) is 31.2 Å². The maximum Gasteiger partial charge on any atom is 0.119 e. The fraction of sp³-hybridized carbons (Fsp3) is 0.571. The minimum absolute atomic E-state index is 0.120. The first-order valence-corrected chi connectivity index (χ1v) is 6.18. The summed E-state index contributed by atoms with van der Waals surface area (Å²) in [5.41, 5.74) is 7.11. The lowest BCUT2D eigenvalue weighted by Crippen LogP contribution is -2.14. The monoisotopic (exact) mass is 237 g/mol. The van der Waals surface area contributed by atoms with Crippen molar-refractivity contribution >= 4 is 0 Å². The zero-order chi connectivity index (χ0) is 12.7. The molecule has 0 bridgehead atoms. The molecule has 0 aliphatic rings. The van der Waals surface area contributed by atoms with Gasteiger partial charge in [-0.15, -0.1) is 0 Å². The molecule has 1 aromatic rings. The Kier molecular flexibility index (Phi) is 6.01. The largest absolute Gasteiger partial charge is 0.491 e. The van der Waals surface area contributed by atoms with Gasteiger partial charge < -0.3 is 15.2 Å². The Morgan fingerprint density at radius 1 is 1.24 bits per heavy atom. The maximum atomic E-state index is 5.95. The van der Waals surface area contributed by atoms with Crippen LogP contribution in [0.5, 0.6) is 5.75 Å². The summed E-state index contributed by atoms with van der Waals surface area (Å²) in [4.78, 5) is 0. The Bertz CT molecular complexity index is 311. The summed E-state index contributed by atoms with van der Waals surface area (Å²) in [6.07, 6.45) is 2.01. The average Bonchev–Trinajstić information content (AvgIpc) is 2.36. The van der Waals surface area contributed by atoms with Crippen molar-refractivity contribution in [2.75, 3.05) is 13.7 Å². The lowest BCUT2D eigenvalue weighted by Gasteiger charge is -2.15. The van der Waals surface area contributed by atoms with Gasteiger partial charge in [0.15, 0.2) is 0 Å². The Morgan fingerprint density at radius 2 is 1.88 bits per heavy atom. The SMILES string of the molecule is CC[C@@H](N)c1ccc(OC(C)CCOC)cc1. The van der Waals surface area contributed by atoms with Crippen molar-refractivity contribution < 1.29 is 9.47 Å². The molecule has 0 fully saturated rings. The molecular weight excluding hydrogens is 214 g/mol. The standard InChI is InChI=1S/C14H23NO2/c1-4-14(15)12-5-7-13(8-6-12)17-11(2)9-10-16-3/h5-8,11,14H,4,9-10,15H2,1-3H3/t11?,14-/m1/s1. The second-order valence-corrected chi connectivity index (χ2v) is 4.29. The van der Waals surface area contributed by atoms with Crippen molar-refractivity contribution in [3.63, 3.8) is 0 Å².